The lowest BCUT2D eigenvalue weighted by Gasteiger charge is -2.23. The zero-order chi connectivity index (χ0) is 13.0. The number of hydrogen-bond donors (Lipinski definition) is 1. The Labute approximate surface area is 109 Å². The Bertz CT molecular complexity index is 382. The first-order valence-electron chi connectivity index (χ1n) is 6.76. The Kier molecular flexibility index (Phi) is 4.61. The third-order valence-electron chi connectivity index (χ3n) is 3.69. The van der Waals surface area contributed by atoms with E-state index < -0.39 is 9.84 Å². The fraction of sp³-hybridized carbons (Fsp3) is 0.917. The van der Waals surface area contributed by atoms with Crippen molar-refractivity contribution in [2.24, 2.45) is 5.92 Å². The predicted molar refractivity (Wildman–Crippen MR) is 70.1 cm³/mol. The summed E-state index contributed by atoms with van der Waals surface area (Å²) in [5, 5.41) is 3.21. The van der Waals surface area contributed by atoms with Gasteiger partial charge in [0, 0.05) is 13.1 Å². The minimum absolute atomic E-state index is 0.152. The van der Waals surface area contributed by atoms with E-state index in [-0.39, 0.29) is 23.3 Å². The maximum Gasteiger partial charge on any atom is 0.237 e. The molecular formula is C12H22N2O3S. The van der Waals surface area contributed by atoms with Crippen LogP contribution in [0.2, 0.25) is 0 Å². The third-order valence-corrected chi connectivity index (χ3v) is 5.36. The molecule has 1 unspecified atom stereocenters. The van der Waals surface area contributed by atoms with Crippen molar-refractivity contribution in [3.8, 4) is 0 Å². The van der Waals surface area contributed by atoms with Crippen LogP contribution in [0.15, 0.2) is 0 Å². The topological polar surface area (TPSA) is 66.5 Å². The maximum atomic E-state index is 12.0. The lowest BCUT2D eigenvalue weighted by molar-refractivity contribution is -0.127. The van der Waals surface area contributed by atoms with Crippen LogP contribution in [0.3, 0.4) is 0 Å². The van der Waals surface area contributed by atoms with Gasteiger partial charge < -0.3 is 10.2 Å². The van der Waals surface area contributed by atoms with Crippen LogP contribution in [0, 0.1) is 5.92 Å². The number of nitrogens with one attached hydrogen (secondary N) is 1. The molecule has 0 aromatic heterocycles. The van der Waals surface area contributed by atoms with Gasteiger partial charge >= 0.3 is 0 Å². The van der Waals surface area contributed by atoms with Crippen molar-refractivity contribution < 1.29 is 13.2 Å². The van der Waals surface area contributed by atoms with Crippen LogP contribution in [0.25, 0.3) is 0 Å². The summed E-state index contributed by atoms with van der Waals surface area (Å²) in [5.41, 5.74) is 0. The van der Waals surface area contributed by atoms with Gasteiger partial charge in [0.2, 0.25) is 5.91 Å². The highest BCUT2D eigenvalue weighted by Gasteiger charge is 2.27. The van der Waals surface area contributed by atoms with Crippen LogP contribution in [0.5, 0.6) is 0 Å². The Hall–Kier alpha value is -0.620. The van der Waals surface area contributed by atoms with Crippen molar-refractivity contribution in [1.29, 1.82) is 0 Å². The highest BCUT2D eigenvalue weighted by atomic mass is 32.2. The van der Waals surface area contributed by atoms with E-state index in [0.717, 1.165) is 51.9 Å². The smallest absolute Gasteiger partial charge is 0.237 e. The summed E-state index contributed by atoms with van der Waals surface area (Å²) < 4.78 is 24.0. The molecule has 2 aliphatic rings. The molecule has 1 N–H and O–H groups in total. The van der Waals surface area contributed by atoms with E-state index in [1.165, 1.54) is 0 Å². The standard InChI is InChI=1S/C12H22N2O3S/c15-12(14-6-1-2-7-14)10-18(16,17)9-11-4-3-5-13-8-11/h11,13H,1-10H2. The summed E-state index contributed by atoms with van der Waals surface area (Å²) in [6.07, 6.45) is 3.97. The molecule has 2 aliphatic heterocycles. The fourth-order valence-electron chi connectivity index (χ4n) is 2.73. The van der Waals surface area contributed by atoms with Crippen LogP contribution < -0.4 is 5.32 Å². The molecule has 0 aromatic rings. The number of sulfone groups is 1. The number of nitrogens with zero attached hydrogens (tertiary/aromatic N) is 1. The molecule has 0 aromatic carbocycles. The third kappa shape index (κ3) is 3.95. The number of carbonyl (C=O) groups excluding carboxylic acids is 1. The van der Waals surface area contributed by atoms with Gasteiger partial charge in [-0.3, -0.25) is 4.79 Å². The number of carbonyl (C=O) groups is 1. The van der Waals surface area contributed by atoms with Crippen molar-refractivity contribution in [2.75, 3.05) is 37.7 Å². The van der Waals surface area contributed by atoms with Crippen molar-refractivity contribution in [3.63, 3.8) is 0 Å². The van der Waals surface area contributed by atoms with Crippen LogP contribution in [-0.2, 0) is 14.6 Å². The Balaban J connectivity index is 1.84. The molecule has 0 saturated carbocycles. The molecule has 5 nitrogen and oxygen atoms in total. The molecule has 6 heteroatoms. The van der Waals surface area contributed by atoms with Gasteiger partial charge in [-0.05, 0) is 44.7 Å². The molecule has 1 amide bonds. The normalized spacial score (nSPS) is 25.3. The van der Waals surface area contributed by atoms with Gasteiger partial charge in [0.25, 0.3) is 0 Å². The molecule has 0 bridgehead atoms. The minimum atomic E-state index is -3.25. The first kappa shape index (κ1) is 13.8. The van der Waals surface area contributed by atoms with Gasteiger partial charge in [-0.1, -0.05) is 0 Å². The van der Waals surface area contributed by atoms with Crippen molar-refractivity contribution in [3.05, 3.63) is 0 Å². The lowest BCUT2D eigenvalue weighted by atomic mass is 10.0. The predicted octanol–water partition coefficient (Wildman–Crippen LogP) is 0.0232. The van der Waals surface area contributed by atoms with Crippen LogP contribution in [-0.4, -0.2) is 56.9 Å². The monoisotopic (exact) mass is 274 g/mol. The largest absolute Gasteiger partial charge is 0.342 e. The van der Waals surface area contributed by atoms with Crippen LogP contribution >= 0.6 is 0 Å². The van der Waals surface area contributed by atoms with Gasteiger partial charge in [-0.2, -0.15) is 0 Å². The van der Waals surface area contributed by atoms with Crippen LogP contribution in [0.1, 0.15) is 25.7 Å². The van der Waals surface area contributed by atoms with E-state index in [4.69, 9.17) is 0 Å². The summed E-state index contributed by atoms with van der Waals surface area (Å²) >= 11 is 0. The summed E-state index contributed by atoms with van der Waals surface area (Å²) in [7, 11) is -3.25. The Morgan fingerprint density at radius 3 is 2.56 bits per heavy atom. The molecule has 104 valence electrons. The number of piperidine rings is 1. The second-order valence-electron chi connectivity index (χ2n) is 5.35. The maximum absolute atomic E-state index is 12.0. The molecule has 0 spiro atoms. The molecule has 18 heavy (non-hydrogen) atoms. The second kappa shape index (κ2) is 6.02. The van der Waals surface area contributed by atoms with Crippen LogP contribution in [0.4, 0.5) is 0 Å². The highest BCUT2D eigenvalue weighted by molar-refractivity contribution is 7.92. The van der Waals surface area contributed by atoms with Gasteiger partial charge in [0.1, 0.15) is 5.75 Å². The van der Waals surface area contributed by atoms with Crippen molar-refractivity contribution in [1.82, 2.24) is 10.2 Å². The SMILES string of the molecule is O=C(CS(=O)(=O)CC1CCCNC1)N1CCCC1. The van der Waals surface area contributed by atoms with Gasteiger partial charge in [-0.25, -0.2) is 8.42 Å². The molecule has 2 saturated heterocycles. The number of amides is 1. The van der Waals surface area contributed by atoms with Crippen molar-refractivity contribution >= 4 is 15.7 Å². The quantitative estimate of drug-likeness (QED) is 0.785. The van der Waals surface area contributed by atoms with Gasteiger partial charge in [-0.15, -0.1) is 0 Å². The Morgan fingerprint density at radius 2 is 1.94 bits per heavy atom. The van der Waals surface area contributed by atoms with Gasteiger partial charge in [0.05, 0.1) is 5.75 Å². The molecule has 0 aliphatic carbocycles. The molecule has 2 rings (SSSR count). The first-order chi connectivity index (χ1) is 8.57. The van der Waals surface area contributed by atoms with E-state index in [1.807, 2.05) is 0 Å². The van der Waals surface area contributed by atoms with E-state index >= 15 is 0 Å². The van der Waals surface area contributed by atoms with E-state index in [2.05, 4.69) is 5.32 Å². The molecule has 0 radical (unpaired) electrons. The van der Waals surface area contributed by atoms with E-state index in [9.17, 15) is 13.2 Å². The van der Waals surface area contributed by atoms with Gasteiger partial charge in [0.15, 0.2) is 9.84 Å². The zero-order valence-corrected chi connectivity index (χ0v) is 11.5. The molecule has 2 fully saturated rings. The lowest BCUT2D eigenvalue weighted by Crippen LogP contribution is -2.38. The molecule has 2 heterocycles. The summed E-state index contributed by atoms with van der Waals surface area (Å²) in [5.74, 6) is -0.185. The van der Waals surface area contributed by atoms with E-state index in [0.29, 0.717) is 0 Å². The molecular weight excluding hydrogens is 252 g/mol. The number of hydrogen-bond acceptors (Lipinski definition) is 4. The zero-order valence-electron chi connectivity index (χ0n) is 10.7. The minimum Gasteiger partial charge on any atom is -0.342 e. The highest BCUT2D eigenvalue weighted by Crippen LogP contribution is 2.14. The number of rotatable bonds is 4. The second-order valence-corrected chi connectivity index (χ2v) is 7.46. The molecule has 1 atom stereocenters. The average molecular weight is 274 g/mol. The summed E-state index contributed by atoms with van der Waals surface area (Å²) in [6, 6.07) is 0. The average Bonchev–Trinajstić information content (AvgIpc) is 2.82. The number of likely N-dealkylation sites (tertiary alicyclic amines) is 1. The van der Waals surface area contributed by atoms with E-state index in [1.54, 1.807) is 4.90 Å². The fourth-order valence-corrected chi connectivity index (χ4v) is 4.41. The Morgan fingerprint density at radius 1 is 1.22 bits per heavy atom. The van der Waals surface area contributed by atoms with Crippen molar-refractivity contribution in [2.45, 2.75) is 25.7 Å². The summed E-state index contributed by atoms with van der Waals surface area (Å²) in [6.45, 7) is 3.18. The summed E-state index contributed by atoms with van der Waals surface area (Å²) in [4.78, 5) is 13.5. The first-order valence-corrected chi connectivity index (χ1v) is 8.58.